The van der Waals surface area contributed by atoms with Crippen LogP contribution in [-0.4, -0.2) is 26.9 Å². The number of rotatable bonds is 6. The first kappa shape index (κ1) is 21.9. The van der Waals surface area contributed by atoms with Gasteiger partial charge >= 0.3 is 7.12 Å². The average Bonchev–Trinajstić information content (AvgIpc) is 3.33. The molecular formula is C29H25BN2O2. The molecule has 0 bridgehead atoms. The van der Waals surface area contributed by atoms with Crippen molar-refractivity contribution < 1.29 is 10.0 Å². The maximum Gasteiger partial charge on any atom is 0.492 e. The van der Waals surface area contributed by atoms with E-state index in [-0.39, 0.29) is 0 Å². The van der Waals surface area contributed by atoms with Crippen LogP contribution in [-0.2, 0) is 5.54 Å². The number of nitrogens with zero attached hydrogens (tertiary/aromatic N) is 2. The Morgan fingerprint density at radius 3 is 1.50 bits per heavy atom. The molecule has 4 aromatic carbocycles. The molecule has 1 heterocycles. The zero-order valence-corrected chi connectivity index (χ0v) is 18.9. The van der Waals surface area contributed by atoms with Gasteiger partial charge in [-0.15, -0.1) is 0 Å². The highest BCUT2D eigenvalue weighted by atomic mass is 16.4. The molecule has 0 fully saturated rings. The SMILES string of the molecule is Cc1ccc(-c2nn(C(c3ccccc3)(c3ccccc3)c3ccccc3)cc2B(O)O)cc1. The van der Waals surface area contributed by atoms with Crippen LogP contribution in [0.15, 0.2) is 121 Å². The Kier molecular flexibility index (Phi) is 5.89. The van der Waals surface area contributed by atoms with E-state index in [4.69, 9.17) is 5.10 Å². The average molecular weight is 444 g/mol. The van der Waals surface area contributed by atoms with Crippen LogP contribution in [0.3, 0.4) is 0 Å². The summed E-state index contributed by atoms with van der Waals surface area (Å²) in [5.41, 5.74) is 5.09. The lowest BCUT2D eigenvalue weighted by molar-refractivity contribution is 0.425. The van der Waals surface area contributed by atoms with Crippen molar-refractivity contribution in [2.24, 2.45) is 0 Å². The predicted molar refractivity (Wildman–Crippen MR) is 137 cm³/mol. The Morgan fingerprint density at radius 2 is 1.09 bits per heavy atom. The molecule has 0 radical (unpaired) electrons. The molecule has 166 valence electrons. The second kappa shape index (κ2) is 9.14. The highest BCUT2D eigenvalue weighted by Gasteiger charge is 2.40. The summed E-state index contributed by atoms with van der Waals surface area (Å²) in [5.74, 6) is 0. The van der Waals surface area contributed by atoms with E-state index in [0.717, 1.165) is 27.8 Å². The Labute approximate surface area is 199 Å². The van der Waals surface area contributed by atoms with Gasteiger partial charge in [0.05, 0.1) is 5.69 Å². The van der Waals surface area contributed by atoms with E-state index >= 15 is 0 Å². The summed E-state index contributed by atoms with van der Waals surface area (Å²) in [5, 5.41) is 25.7. The van der Waals surface area contributed by atoms with Gasteiger partial charge in [0, 0.05) is 17.2 Å². The molecule has 0 aliphatic carbocycles. The summed E-state index contributed by atoms with van der Waals surface area (Å²) >= 11 is 0. The number of aryl methyl sites for hydroxylation is 1. The first-order chi connectivity index (χ1) is 16.6. The minimum absolute atomic E-state index is 0.357. The molecule has 0 spiro atoms. The lowest BCUT2D eigenvalue weighted by Crippen LogP contribution is -2.39. The van der Waals surface area contributed by atoms with Crippen LogP contribution in [0.2, 0.25) is 0 Å². The van der Waals surface area contributed by atoms with Gasteiger partial charge in [-0.25, -0.2) is 0 Å². The summed E-state index contributed by atoms with van der Waals surface area (Å²) in [6.45, 7) is 2.02. The van der Waals surface area contributed by atoms with Crippen molar-refractivity contribution in [2.75, 3.05) is 0 Å². The molecule has 1 aromatic heterocycles. The summed E-state index contributed by atoms with van der Waals surface area (Å²) in [6.07, 6.45) is 1.76. The van der Waals surface area contributed by atoms with E-state index in [9.17, 15) is 10.0 Å². The quantitative estimate of drug-likeness (QED) is 0.302. The van der Waals surface area contributed by atoms with Crippen LogP contribution in [0.1, 0.15) is 22.3 Å². The number of hydrogen-bond acceptors (Lipinski definition) is 3. The zero-order chi connectivity index (χ0) is 23.5. The van der Waals surface area contributed by atoms with Gasteiger partial charge in [0.25, 0.3) is 0 Å². The van der Waals surface area contributed by atoms with Gasteiger partial charge < -0.3 is 10.0 Å². The summed E-state index contributed by atoms with van der Waals surface area (Å²) in [4.78, 5) is 0. The highest BCUT2D eigenvalue weighted by molar-refractivity contribution is 6.60. The second-order valence-corrected chi connectivity index (χ2v) is 8.43. The van der Waals surface area contributed by atoms with E-state index in [2.05, 4.69) is 36.4 Å². The van der Waals surface area contributed by atoms with Gasteiger partial charge in [0.15, 0.2) is 0 Å². The molecule has 5 heteroatoms. The molecule has 0 amide bonds. The van der Waals surface area contributed by atoms with Gasteiger partial charge in [0.2, 0.25) is 0 Å². The van der Waals surface area contributed by atoms with Crippen molar-refractivity contribution in [3.63, 3.8) is 0 Å². The van der Waals surface area contributed by atoms with Crippen LogP contribution in [0.25, 0.3) is 11.3 Å². The fourth-order valence-corrected chi connectivity index (χ4v) is 4.62. The fraction of sp³-hybridized carbons (Fsp3) is 0.0690. The highest BCUT2D eigenvalue weighted by Crippen LogP contribution is 2.40. The lowest BCUT2D eigenvalue weighted by atomic mass is 9.76. The molecule has 0 aliphatic rings. The third kappa shape index (κ3) is 3.75. The molecule has 5 rings (SSSR count). The summed E-state index contributed by atoms with van der Waals surface area (Å²) in [7, 11) is -1.66. The Morgan fingerprint density at radius 1 is 0.647 bits per heavy atom. The Balaban J connectivity index is 1.87. The van der Waals surface area contributed by atoms with Crippen LogP contribution < -0.4 is 5.46 Å². The standard InChI is InChI=1S/C29H25BN2O2/c1-22-17-19-23(20-18-22)28-27(30(33)34)21-32(31-28)29(24-11-5-2-6-12-24,25-13-7-3-8-14-25)26-15-9-4-10-16-26/h2-21,33-34H,1H3. The number of hydrogen-bond donors (Lipinski definition) is 2. The molecule has 34 heavy (non-hydrogen) atoms. The summed E-state index contributed by atoms with van der Waals surface area (Å²) < 4.78 is 1.87. The molecular weight excluding hydrogens is 419 g/mol. The maximum absolute atomic E-state index is 10.3. The molecule has 5 aromatic rings. The predicted octanol–water partition coefficient (Wildman–Crippen LogP) is 4.38. The van der Waals surface area contributed by atoms with E-state index in [0.29, 0.717) is 11.2 Å². The summed E-state index contributed by atoms with van der Waals surface area (Å²) in [6, 6.07) is 38.5. The Hall–Kier alpha value is -3.93. The normalized spacial score (nSPS) is 11.4. The van der Waals surface area contributed by atoms with Gasteiger partial charge in [0.1, 0.15) is 5.54 Å². The first-order valence-corrected chi connectivity index (χ1v) is 11.3. The van der Waals surface area contributed by atoms with E-state index < -0.39 is 12.7 Å². The number of aromatic nitrogens is 2. The lowest BCUT2D eigenvalue weighted by Gasteiger charge is -2.36. The van der Waals surface area contributed by atoms with Gasteiger partial charge in [-0.05, 0) is 23.6 Å². The van der Waals surface area contributed by atoms with Gasteiger partial charge in [-0.1, -0.05) is 121 Å². The molecule has 0 atom stereocenters. The van der Waals surface area contributed by atoms with Crippen LogP contribution in [0.4, 0.5) is 0 Å². The number of benzene rings is 4. The molecule has 4 nitrogen and oxygen atoms in total. The molecule has 0 unspecified atom stereocenters. The Bertz CT molecular complexity index is 1270. The molecule has 2 N–H and O–H groups in total. The van der Waals surface area contributed by atoms with Crippen LogP contribution in [0.5, 0.6) is 0 Å². The van der Waals surface area contributed by atoms with Crippen molar-refractivity contribution in [3.8, 4) is 11.3 Å². The van der Waals surface area contributed by atoms with Crippen molar-refractivity contribution in [1.82, 2.24) is 9.78 Å². The van der Waals surface area contributed by atoms with Crippen molar-refractivity contribution in [2.45, 2.75) is 12.5 Å². The smallest absolute Gasteiger partial charge is 0.423 e. The van der Waals surface area contributed by atoms with Crippen molar-refractivity contribution >= 4 is 12.6 Å². The minimum atomic E-state index is -1.66. The van der Waals surface area contributed by atoms with Crippen molar-refractivity contribution in [3.05, 3.63) is 144 Å². The second-order valence-electron chi connectivity index (χ2n) is 8.43. The first-order valence-electron chi connectivity index (χ1n) is 11.3. The molecule has 0 saturated carbocycles. The minimum Gasteiger partial charge on any atom is -0.423 e. The topological polar surface area (TPSA) is 58.3 Å². The van der Waals surface area contributed by atoms with Crippen LogP contribution >= 0.6 is 0 Å². The maximum atomic E-state index is 10.3. The molecule has 0 saturated heterocycles. The van der Waals surface area contributed by atoms with Gasteiger partial charge in [-0.3, -0.25) is 4.68 Å². The van der Waals surface area contributed by atoms with E-state index in [1.165, 1.54) is 0 Å². The zero-order valence-electron chi connectivity index (χ0n) is 18.9. The van der Waals surface area contributed by atoms with E-state index in [1.807, 2.05) is 90.5 Å². The fourth-order valence-electron chi connectivity index (χ4n) is 4.62. The van der Waals surface area contributed by atoms with E-state index in [1.54, 1.807) is 6.20 Å². The monoisotopic (exact) mass is 444 g/mol. The molecule has 0 aliphatic heterocycles. The third-order valence-corrected chi connectivity index (χ3v) is 6.26. The largest absolute Gasteiger partial charge is 0.492 e. The van der Waals surface area contributed by atoms with Gasteiger partial charge in [-0.2, -0.15) is 5.10 Å². The van der Waals surface area contributed by atoms with Crippen molar-refractivity contribution in [1.29, 1.82) is 0 Å². The van der Waals surface area contributed by atoms with Crippen LogP contribution in [0, 0.1) is 6.92 Å². The third-order valence-electron chi connectivity index (χ3n) is 6.26.